The predicted molar refractivity (Wildman–Crippen MR) is 114 cm³/mol. The fourth-order valence-corrected chi connectivity index (χ4v) is 4.69. The molecule has 5 heteroatoms. The van der Waals surface area contributed by atoms with Gasteiger partial charge >= 0.3 is 37.9 Å². The Morgan fingerprint density at radius 3 is 1.71 bits per heavy atom. The molecule has 2 aromatic carbocycles. The van der Waals surface area contributed by atoms with Gasteiger partial charge in [-0.05, 0) is 35.1 Å². The molecule has 0 saturated heterocycles. The number of rotatable bonds is 6. The second kappa shape index (κ2) is 10.4. The number of aliphatic hydroxyl groups is 2. The third kappa shape index (κ3) is 4.25. The summed E-state index contributed by atoms with van der Waals surface area (Å²) in [6.45, 7) is 0.248. The Kier molecular flexibility index (Phi) is 8.15. The van der Waals surface area contributed by atoms with Crippen LogP contribution in [0.5, 0.6) is 0 Å². The van der Waals surface area contributed by atoms with Crippen LogP contribution in [0.3, 0.4) is 0 Å². The number of aliphatic hydroxyl groups excluding tert-OH is 2. The predicted octanol–water partition coefficient (Wildman–Crippen LogP) is 5.74. The van der Waals surface area contributed by atoms with Crippen LogP contribution < -0.4 is 0 Å². The van der Waals surface area contributed by atoms with Crippen LogP contribution in [0.15, 0.2) is 60.7 Å². The molecule has 0 spiro atoms. The summed E-state index contributed by atoms with van der Waals surface area (Å²) in [4.78, 5) is 0. The van der Waals surface area contributed by atoms with Crippen LogP contribution in [0.2, 0.25) is 0 Å². The summed E-state index contributed by atoms with van der Waals surface area (Å²) >= 11 is -0.826. The van der Waals surface area contributed by atoms with E-state index in [1.54, 1.807) is 0 Å². The van der Waals surface area contributed by atoms with Crippen LogP contribution in [0.25, 0.3) is 12.2 Å². The second-order valence-electron chi connectivity index (χ2n) is 7.22. The molecule has 0 amide bonds. The van der Waals surface area contributed by atoms with Crippen molar-refractivity contribution < 1.29 is 31.1 Å². The van der Waals surface area contributed by atoms with Gasteiger partial charge < -0.3 is 10.2 Å². The molecule has 2 aliphatic carbocycles. The standard InChI is InChI=1S/C23H24O2.2ClH.Zr/c24-15-5-14-23(16-25,21-12-10-17-6-1-3-8-19(17)21)22-13-11-18-7-2-4-9-20(18)22;;;/h1-4,6-13,21-22,24-25H,5,14-16H2;2*1H;/q;;;+2/p-2. The first-order valence-corrected chi connectivity index (χ1v) is 15.8. The molecule has 4 rings (SSSR count). The topological polar surface area (TPSA) is 40.5 Å². The Bertz CT molecular complexity index is 789. The third-order valence-corrected chi connectivity index (χ3v) is 5.93. The van der Waals surface area contributed by atoms with Gasteiger partial charge in [0.2, 0.25) is 0 Å². The summed E-state index contributed by atoms with van der Waals surface area (Å²) in [5.41, 5.74) is 4.71. The SMILES string of the molecule is OCCCC(CO)(C1C=Cc2ccccc21)C1C=Cc2ccccc21.[Cl][Zr][Cl]. The zero-order valence-electron chi connectivity index (χ0n) is 15.6. The van der Waals surface area contributed by atoms with Gasteiger partial charge in [-0.15, -0.1) is 0 Å². The van der Waals surface area contributed by atoms with E-state index in [0.29, 0.717) is 6.42 Å². The van der Waals surface area contributed by atoms with Crippen molar-refractivity contribution in [3.63, 3.8) is 0 Å². The Balaban J connectivity index is 0.000000706. The summed E-state index contributed by atoms with van der Waals surface area (Å²) in [5.74, 6) is 0.308. The zero-order chi connectivity index (χ0) is 20.0. The maximum atomic E-state index is 10.6. The van der Waals surface area contributed by atoms with E-state index >= 15 is 0 Å². The zero-order valence-corrected chi connectivity index (χ0v) is 19.5. The van der Waals surface area contributed by atoms with E-state index < -0.39 is 20.8 Å². The normalized spacial score (nSPS) is 20.7. The molecule has 0 bridgehead atoms. The molecule has 2 nitrogen and oxygen atoms in total. The van der Waals surface area contributed by atoms with Gasteiger partial charge in [0.25, 0.3) is 0 Å². The van der Waals surface area contributed by atoms with E-state index in [-0.39, 0.29) is 30.5 Å². The minimum absolute atomic E-state index is 0.0969. The number of hydrogen-bond donors (Lipinski definition) is 2. The number of hydrogen-bond acceptors (Lipinski definition) is 2. The van der Waals surface area contributed by atoms with Gasteiger partial charge in [0.15, 0.2) is 0 Å². The fourth-order valence-electron chi connectivity index (χ4n) is 4.69. The Morgan fingerprint density at radius 1 is 0.821 bits per heavy atom. The Labute approximate surface area is 185 Å². The molecule has 2 N–H and O–H groups in total. The second-order valence-corrected chi connectivity index (χ2v) is 11.0. The number of benzene rings is 2. The van der Waals surface area contributed by atoms with Crippen molar-refractivity contribution >= 4 is 29.2 Å². The maximum absolute atomic E-state index is 10.6. The van der Waals surface area contributed by atoms with Crippen molar-refractivity contribution in [1.29, 1.82) is 0 Å². The summed E-state index contributed by atoms with van der Waals surface area (Å²) in [6.07, 6.45) is 10.3. The molecule has 2 atom stereocenters. The first-order chi connectivity index (χ1) is 13.7. The van der Waals surface area contributed by atoms with Crippen LogP contribution in [-0.2, 0) is 20.8 Å². The van der Waals surface area contributed by atoms with Gasteiger partial charge in [-0.2, -0.15) is 0 Å². The number of fused-ring (bicyclic) bond motifs is 2. The monoisotopic (exact) mass is 492 g/mol. The first-order valence-electron chi connectivity index (χ1n) is 9.44. The molecule has 0 radical (unpaired) electrons. The van der Waals surface area contributed by atoms with Crippen LogP contribution in [0, 0.1) is 5.41 Å². The molecule has 0 saturated carbocycles. The van der Waals surface area contributed by atoms with Gasteiger partial charge in [0.05, 0.1) is 6.61 Å². The van der Waals surface area contributed by atoms with Crippen LogP contribution in [0.1, 0.15) is 46.9 Å². The molecule has 28 heavy (non-hydrogen) atoms. The van der Waals surface area contributed by atoms with Gasteiger partial charge in [-0.3, -0.25) is 0 Å². The van der Waals surface area contributed by atoms with Crippen molar-refractivity contribution in [2.45, 2.75) is 24.7 Å². The average molecular weight is 495 g/mol. The molecule has 0 aromatic heterocycles. The van der Waals surface area contributed by atoms with Crippen molar-refractivity contribution in [3.8, 4) is 0 Å². The van der Waals surface area contributed by atoms with E-state index in [2.05, 4.69) is 72.8 Å². The van der Waals surface area contributed by atoms with Gasteiger partial charge in [-0.25, -0.2) is 0 Å². The van der Waals surface area contributed by atoms with E-state index in [0.717, 1.165) is 6.42 Å². The van der Waals surface area contributed by atoms with E-state index in [4.69, 9.17) is 17.0 Å². The van der Waals surface area contributed by atoms with E-state index in [9.17, 15) is 10.2 Å². The average Bonchev–Trinajstić information content (AvgIpc) is 3.35. The first kappa shape index (κ1) is 22.0. The van der Waals surface area contributed by atoms with E-state index in [1.807, 2.05) is 0 Å². The van der Waals surface area contributed by atoms with Gasteiger partial charge in [0.1, 0.15) is 0 Å². The Morgan fingerprint density at radius 2 is 1.29 bits per heavy atom. The van der Waals surface area contributed by atoms with Gasteiger partial charge in [-0.1, -0.05) is 72.8 Å². The third-order valence-electron chi connectivity index (χ3n) is 5.93. The Hall–Kier alpha value is -0.697. The quantitative estimate of drug-likeness (QED) is 0.538. The molecule has 0 aliphatic heterocycles. The number of allylic oxidation sites excluding steroid dienone is 2. The van der Waals surface area contributed by atoms with Crippen molar-refractivity contribution in [2.24, 2.45) is 5.41 Å². The van der Waals surface area contributed by atoms with Crippen molar-refractivity contribution in [3.05, 3.63) is 82.9 Å². The van der Waals surface area contributed by atoms with E-state index in [1.165, 1.54) is 22.3 Å². The molecule has 2 aliphatic rings. The van der Waals surface area contributed by atoms with Gasteiger partial charge in [0, 0.05) is 23.9 Å². The van der Waals surface area contributed by atoms with Crippen molar-refractivity contribution in [2.75, 3.05) is 13.2 Å². The van der Waals surface area contributed by atoms with Crippen molar-refractivity contribution in [1.82, 2.24) is 0 Å². The summed E-state index contributed by atoms with van der Waals surface area (Å²) in [7, 11) is 9.87. The number of halogens is 2. The molecule has 146 valence electrons. The summed E-state index contributed by atoms with van der Waals surface area (Å²) in [6, 6.07) is 16.9. The molecule has 2 unspecified atom stereocenters. The van der Waals surface area contributed by atoms with Crippen LogP contribution in [-0.4, -0.2) is 23.4 Å². The minimum atomic E-state index is -0.826. The molecule has 0 fully saturated rings. The molecule has 0 heterocycles. The van der Waals surface area contributed by atoms with Crippen LogP contribution >= 0.6 is 17.0 Å². The molecule has 2 aromatic rings. The molecular weight excluding hydrogens is 470 g/mol. The van der Waals surface area contributed by atoms with Crippen LogP contribution in [0.4, 0.5) is 0 Å². The summed E-state index contributed by atoms with van der Waals surface area (Å²) < 4.78 is 0. The summed E-state index contributed by atoms with van der Waals surface area (Å²) in [5, 5.41) is 20.1. The fraction of sp³-hybridized carbons (Fsp3) is 0.304. The molecular formula is C23H24Cl2O2Zr.